The number of hydrogen-bond acceptors (Lipinski definition) is 2. The summed E-state index contributed by atoms with van der Waals surface area (Å²) in [5, 5.41) is 6.57. The van der Waals surface area contributed by atoms with Gasteiger partial charge in [-0.15, -0.1) is 24.0 Å². The smallest absolute Gasteiger partial charge is 0.243 e. The highest BCUT2D eigenvalue weighted by molar-refractivity contribution is 14.0. The fourth-order valence-electron chi connectivity index (χ4n) is 1.72. The van der Waals surface area contributed by atoms with E-state index in [0.29, 0.717) is 5.96 Å². The van der Waals surface area contributed by atoms with Crippen molar-refractivity contribution in [2.24, 2.45) is 4.99 Å². The van der Waals surface area contributed by atoms with Gasteiger partial charge in [0.25, 0.3) is 0 Å². The van der Waals surface area contributed by atoms with Crippen LogP contribution in [0.4, 0.5) is 0 Å². The van der Waals surface area contributed by atoms with Crippen LogP contribution < -0.4 is 10.6 Å². The Balaban J connectivity index is 0.00000441. The minimum Gasteiger partial charge on any atom is -0.354 e. The number of halogens is 1. The summed E-state index contributed by atoms with van der Waals surface area (Å²) in [5.74, 6) is 0.628. The monoisotopic (exact) mass is 418 g/mol. The van der Waals surface area contributed by atoms with E-state index in [0.717, 1.165) is 0 Å². The summed E-state index contributed by atoms with van der Waals surface area (Å²) < 4.78 is 0. The van der Waals surface area contributed by atoms with Crippen molar-refractivity contribution in [3.8, 4) is 0 Å². The summed E-state index contributed by atoms with van der Waals surface area (Å²) >= 11 is 0. The molecule has 1 aromatic rings. The molecule has 1 aromatic carbocycles. The van der Waals surface area contributed by atoms with E-state index in [9.17, 15) is 4.79 Å². The zero-order valence-electron chi connectivity index (χ0n) is 14.0. The van der Waals surface area contributed by atoms with Gasteiger partial charge in [0.1, 0.15) is 6.54 Å². The first-order valence-corrected chi connectivity index (χ1v) is 7.22. The molecule has 1 rings (SSSR count). The van der Waals surface area contributed by atoms with Crippen molar-refractivity contribution in [2.75, 3.05) is 20.6 Å². The second kappa shape index (κ2) is 10.4. The Morgan fingerprint density at radius 2 is 1.73 bits per heavy atom. The van der Waals surface area contributed by atoms with Gasteiger partial charge in [0, 0.05) is 20.1 Å². The molecule has 124 valence electrons. The lowest BCUT2D eigenvalue weighted by Crippen LogP contribution is -2.42. The zero-order chi connectivity index (χ0) is 15.8. The normalized spacial score (nSPS) is 12.4. The Kier molecular flexibility index (Phi) is 9.80. The first kappa shape index (κ1) is 20.7. The van der Waals surface area contributed by atoms with Crippen LogP contribution in [0.25, 0.3) is 0 Å². The first-order chi connectivity index (χ1) is 9.90. The van der Waals surface area contributed by atoms with E-state index in [-0.39, 0.29) is 48.5 Å². The zero-order valence-corrected chi connectivity index (χ0v) is 16.3. The third-order valence-corrected chi connectivity index (χ3v) is 2.95. The quantitative estimate of drug-likeness (QED) is 0.439. The SMILES string of the molecule is CC(C)NC(=NCC(=O)N(C)C)NC(C)c1ccccc1.I. The van der Waals surface area contributed by atoms with Gasteiger partial charge in [-0.3, -0.25) is 4.79 Å². The van der Waals surface area contributed by atoms with E-state index in [2.05, 4.69) is 34.7 Å². The van der Waals surface area contributed by atoms with E-state index in [1.54, 1.807) is 14.1 Å². The number of guanidine groups is 1. The van der Waals surface area contributed by atoms with Gasteiger partial charge >= 0.3 is 0 Å². The number of carbonyl (C=O) groups is 1. The van der Waals surface area contributed by atoms with Gasteiger partial charge in [-0.1, -0.05) is 30.3 Å². The molecular formula is C16H27IN4O. The maximum absolute atomic E-state index is 11.7. The van der Waals surface area contributed by atoms with E-state index in [1.165, 1.54) is 10.5 Å². The number of aliphatic imine (C=N–C) groups is 1. The molecule has 22 heavy (non-hydrogen) atoms. The molecular weight excluding hydrogens is 391 g/mol. The van der Waals surface area contributed by atoms with Crippen LogP contribution in [0.2, 0.25) is 0 Å². The predicted octanol–water partition coefficient (Wildman–Crippen LogP) is 2.40. The molecule has 1 unspecified atom stereocenters. The molecule has 0 aromatic heterocycles. The summed E-state index contributed by atoms with van der Waals surface area (Å²) in [6.07, 6.45) is 0. The molecule has 0 spiro atoms. The van der Waals surface area contributed by atoms with Crippen molar-refractivity contribution in [2.45, 2.75) is 32.9 Å². The van der Waals surface area contributed by atoms with Gasteiger partial charge in [-0.2, -0.15) is 0 Å². The van der Waals surface area contributed by atoms with Crippen molar-refractivity contribution in [3.05, 3.63) is 35.9 Å². The van der Waals surface area contributed by atoms with Crippen LogP contribution in [0.1, 0.15) is 32.4 Å². The number of benzene rings is 1. The third-order valence-electron chi connectivity index (χ3n) is 2.95. The van der Waals surface area contributed by atoms with Crippen molar-refractivity contribution in [1.82, 2.24) is 15.5 Å². The van der Waals surface area contributed by atoms with Gasteiger partial charge in [0.05, 0.1) is 6.04 Å². The van der Waals surface area contributed by atoms with Crippen molar-refractivity contribution in [1.29, 1.82) is 0 Å². The van der Waals surface area contributed by atoms with E-state index < -0.39 is 0 Å². The van der Waals surface area contributed by atoms with Gasteiger partial charge in [0.2, 0.25) is 5.91 Å². The van der Waals surface area contributed by atoms with E-state index in [4.69, 9.17) is 0 Å². The van der Waals surface area contributed by atoms with E-state index >= 15 is 0 Å². The highest BCUT2D eigenvalue weighted by Gasteiger charge is 2.10. The minimum absolute atomic E-state index is 0. The summed E-state index contributed by atoms with van der Waals surface area (Å²) in [4.78, 5) is 17.5. The molecule has 0 heterocycles. The predicted molar refractivity (Wildman–Crippen MR) is 103 cm³/mol. The maximum atomic E-state index is 11.7. The van der Waals surface area contributed by atoms with E-state index in [1.807, 2.05) is 32.0 Å². The second-order valence-corrected chi connectivity index (χ2v) is 5.53. The third kappa shape index (κ3) is 7.63. The molecule has 0 aliphatic heterocycles. The van der Waals surface area contributed by atoms with Crippen molar-refractivity contribution < 1.29 is 4.79 Å². The number of amides is 1. The number of rotatable bonds is 5. The summed E-state index contributed by atoms with van der Waals surface area (Å²) in [6, 6.07) is 10.5. The summed E-state index contributed by atoms with van der Waals surface area (Å²) in [7, 11) is 3.46. The molecule has 0 bridgehead atoms. The molecule has 1 atom stereocenters. The Morgan fingerprint density at radius 1 is 1.14 bits per heavy atom. The Hall–Kier alpha value is -1.31. The average molecular weight is 418 g/mol. The Morgan fingerprint density at radius 3 is 2.23 bits per heavy atom. The van der Waals surface area contributed by atoms with Crippen LogP contribution in [0.15, 0.2) is 35.3 Å². The summed E-state index contributed by atoms with van der Waals surface area (Å²) in [6.45, 7) is 6.29. The lowest BCUT2D eigenvalue weighted by atomic mass is 10.1. The molecule has 0 radical (unpaired) electrons. The van der Waals surface area contributed by atoms with Crippen LogP contribution in [0, 0.1) is 0 Å². The lowest BCUT2D eigenvalue weighted by Gasteiger charge is -2.20. The number of likely N-dealkylation sites (N-methyl/N-ethyl adjacent to an activating group) is 1. The first-order valence-electron chi connectivity index (χ1n) is 7.22. The fourth-order valence-corrected chi connectivity index (χ4v) is 1.72. The Bertz CT molecular complexity index is 474. The maximum Gasteiger partial charge on any atom is 0.243 e. The highest BCUT2D eigenvalue weighted by atomic mass is 127. The van der Waals surface area contributed by atoms with Gasteiger partial charge < -0.3 is 15.5 Å². The van der Waals surface area contributed by atoms with Gasteiger partial charge in [-0.05, 0) is 26.3 Å². The number of carbonyl (C=O) groups excluding carboxylic acids is 1. The fraction of sp³-hybridized carbons (Fsp3) is 0.500. The van der Waals surface area contributed by atoms with Gasteiger partial charge in [0.15, 0.2) is 5.96 Å². The van der Waals surface area contributed by atoms with Gasteiger partial charge in [-0.25, -0.2) is 4.99 Å². The molecule has 0 saturated carbocycles. The number of nitrogens with one attached hydrogen (secondary N) is 2. The lowest BCUT2D eigenvalue weighted by molar-refractivity contribution is -0.127. The van der Waals surface area contributed by atoms with Crippen molar-refractivity contribution >= 4 is 35.8 Å². The molecule has 0 saturated heterocycles. The van der Waals surface area contributed by atoms with Crippen LogP contribution in [0.3, 0.4) is 0 Å². The molecule has 1 amide bonds. The molecule has 0 aliphatic carbocycles. The standard InChI is InChI=1S/C16H26N4O.HI/c1-12(2)18-16(17-11-15(21)20(4)5)19-13(3)14-9-7-6-8-10-14;/h6-10,12-13H,11H2,1-5H3,(H2,17,18,19);1H. The van der Waals surface area contributed by atoms with Crippen LogP contribution >= 0.6 is 24.0 Å². The molecule has 2 N–H and O–H groups in total. The van der Waals surface area contributed by atoms with Crippen LogP contribution in [-0.2, 0) is 4.79 Å². The van der Waals surface area contributed by atoms with Crippen LogP contribution in [-0.4, -0.2) is 43.4 Å². The summed E-state index contributed by atoms with van der Waals surface area (Å²) in [5.41, 5.74) is 1.18. The average Bonchev–Trinajstić information content (AvgIpc) is 2.44. The topological polar surface area (TPSA) is 56.7 Å². The van der Waals surface area contributed by atoms with Crippen molar-refractivity contribution in [3.63, 3.8) is 0 Å². The molecule has 0 aliphatic rings. The largest absolute Gasteiger partial charge is 0.354 e. The van der Waals surface area contributed by atoms with Crippen LogP contribution in [0.5, 0.6) is 0 Å². The number of hydrogen-bond donors (Lipinski definition) is 2. The molecule has 5 nitrogen and oxygen atoms in total. The molecule has 0 fully saturated rings. The number of nitrogens with zero attached hydrogens (tertiary/aromatic N) is 2. The minimum atomic E-state index is -0.0211. The molecule has 6 heteroatoms. The highest BCUT2D eigenvalue weighted by Crippen LogP contribution is 2.10. The second-order valence-electron chi connectivity index (χ2n) is 5.53. The Labute approximate surface area is 150 Å².